The molecule has 1 aromatic heterocycles. The van der Waals surface area contributed by atoms with Gasteiger partial charge in [0.15, 0.2) is 0 Å². The first kappa shape index (κ1) is 18.3. The SMILES string of the molecule is O=C1CCN(Cc2ccc(C3CCCCO3)o2)CCN1Cc1ccccc1. The van der Waals surface area contributed by atoms with Crippen LogP contribution in [-0.4, -0.2) is 41.9 Å². The molecule has 0 aliphatic carbocycles. The van der Waals surface area contributed by atoms with Crippen molar-refractivity contribution in [3.8, 4) is 0 Å². The van der Waals surface area contributed by atoms with E-state index in [0.29, 0.717) is 13.0 Å². The van der Waals surface area contributed by atoms with E-state index in [1.54, 1.807) is 0 Å². The zero-order valence-electron chi connectivity index (χ0n) is 15.8. The number of rotatable bonds is 5. The van der Waals surface area contributed by atoms with Gasteiger partial charge in [-0.3, -0.25) is 9.69 Å². The summed E-state index contributed by atoms with van der Waals surface area (Å²) in [4.78, 5) is 16.8. The highest BCUT2D eigenvalue weighted by molar-refractivity contribution is 5.76. The maximum absolute atomic E-state index is 12.5. The smallest absolute Gasteiger partial charge is 0.224 e. The Hall–Kier alpha value is -2.11. The molecule has 2 fully saturated rings. The van der Waals surface area contributed by atoms with E-state index in [4.69, 9.17) is 9.15 Å². The molecule has 2 saturated heterocycles. The quantitative estimate of drug-likeness (QED) is 0.806. The summed E-state index contributed by atoms with van der Waals surface area (Å²) in [6, 6.07) is 14.3. The predicted molar refractivity (Wildman–Crippen MR) is 103 cm³/mol. The fourth-order valence-electron chi connectivity index (χ4n) is 3.88. The minimum absolute atomic E-state index is 0.111. The molecule has 2 aliphatic rings. The molecule has 0 saturated carbocycles. The van der Waals surface area contributed by atoms with Crippen LogP contribution in [0.1, 0.15) is 48.9 Å². The Bertz CT molecular complexity index is 737. The molecule has 0 spiro atoms. The molecular weight excluding hydrogens is 340 g/mol. The number of hydrogen-bond donors (Lipinski definition) is 0. The molecule has 0 radical (unpaired) electrons. The van der Waals surface area contributed by atoms with E-state index in [-0.39, 0.29) is 12.0 Å². The van der Waals surface area contributed by atoms with Crippen LogP contribution >= 0.6 is 0 Å². The lowest BCUT2D eigenvalue weighted by Gasteiger charge is -2.22. The second-order valence-electron chi connectivity index (χ2n) is 7.49. The summed E-state index contributed by atoms with van der Waals surface area (Å²) < 4.78 is 11.9. The van der Waals surface area contributed by atoms with Crippen molar-refractivity contribution in [2.24, 2.45) is 0 Å². The van der Waals surface area contributed by atoms with Crippen molar-refractivity contribution >= 4 is 5.91 Å². The average molecular weight is 368 g/mol. The van der Waals surface area contributed by atoms with Gasteiger partial charge in [-0.05, 0) is 37.0 Å². The first-order valence-corrected chi connectivity index (χ1v) is 10.0. The van der Waals surface area contributed by atoms with Crippen LogP contribution in [0.15, 0.2) is 46.9 Å². The van der Waals surface area contributed by atoms with E-state index in [0.717, 1.165) is 57.1 Å². The second-order valence-corrected chi connectivity index (χ2v) is 7.49. The summed E-state index contributed by atoms with van der Waals surface area (Å²) in [5.41, 5.74) is 1.18. The summed E-state index contributed by atoms with van der Waals surface area (Å²) in [5, 5.41) is 0. The van der Waals surface area contributed by atoms with E-state index >= 15 is 0 Å². The molecule has 2 aliphatic heterocycles. The van der Waals surface area contributed by atoms with Crippen LogP contribution in [0.2, 0.25) is 0 Å². The highest BCUT2D eigenvalue weighted by Gasteiger charge is 2.23. The summed E-state index contributed by atoms with van der Waals surface area (Å²) in [6.45, 7) is 4.67. The number of amides is 1. The molecule has 27 heavy (non-hydrogen) atoms. The van der Waals surface area contributed by atoms with Crippen LogP contribution in [0, 0.1) is 0 Å². The van der Waals surface area contributed by atoms with E-state index in [9.17, 15) is 4.79 Å². The molecule has 5 nitrogen and oxygen atoms in total. The largest absolute Gasteiger partial charge is 0.462 e. The molecule has 0 bridgehead atoms. The number of benzene rings is 1. The monoisotopic (exact) mass is 368 g/mol. The molecule has 1 aromatic carbocycles. The maximum Gasteiger partial charge on any atom is 0.224 e. The lowest BCUT2D eigenvalue weighted by molar-refractivity contribution is -0.130. The van der Waals surface area contributed by atoms with Gasteiger partial charge in [-0.1, -0.05) is 30.3 Å². The first-order valence-electron chi connectivity index (χ1n) is 10.0. The first-order chi connectivity index (χ1) is 13.3. The third-order valence-electron chi connectivity index (χ3n) is 5.46. The molecule has 5 heteroatoms. The second kappa shape index (κ2) is 8.72. The predicted octanol–water partition coefficient (Wildman–Crippen LogP) is 3.76. The maximum atomic E-state index is 12.5. The van der Waals surface area contributed by atoms with E-state index in [1.165, 1.54) is 12.0 Å². The number of hydrogen-bond acceptors (Lipinski definition) is 4. The Balaban J connectivity index is 1.33. The molecule has 4 rings (SSSR count). The third-order valence-corrected chi connectivity index (χ3v) is 5.46. The summed E-state index contributed by atoms with van der Waals surface area (Å²) in [7, 11) is 0. The lowest BCUT2D eigenvalue weighted by Crippen LogP contribution is -2.32. The van der Waals surface area contributed by atoms with Gasteiger partial charge in [0.1, 0.15) is 17.6 Å². The zero-order chi connectivity index (χ0) is 18.5. The normalized spacial score (nSPS) is 22.0. The van der Waals surface area contributed by atoms with Gasteiger partial charge in [-0.15, -0.1) is 0 Å². The Morgan fingerprint density at radius 2 is 1.85 bits per heavy atom. The van der Waals surface area contributed by atoms with Crippen molar-refractivity contribution in [3.63, 3.8) is 0 Å². The number of furan rings is 1. The molecule has 1 atom stereocenters. The van der Waals surface area contributed by atoms with Crippen molar-refractivity contribution in [1.29, 1.82) is 0 Å². The summed E-state index contributed by atoms with van der Waals surface area (Å²) >= 11 is 0. The van der Waals surface area contributed by atoms with Crippen LogP contribution in [0.3, 0.4) is 0 Å². The van der Waals surface area contributed by atoms with Crippen molar-refractivity contribution in [2.75, 3.05) is 26.2 Å². The minimum atomic E-state index is 0.111. The summed E-state index contributed by atoms with van der Waals surface area (Å²) in [5.74, 6) is 2.14. The number of ether oxygens (including phenoxy) is 1. The zero-order valence-corrected chi connectivity index (χ0v) is 15.8. The molecule has 2 aromatic rings. The van der Waals surface area contributed by atoms with Crippen molar-refractivity contribution in [2.45, 2.75) is 44.9 Å². The number of carbonyl (C=O) groups is 1. The standard InChI is InChI=1S/C22H28N2O3/c25-22-11-12-23(13-14-24(22)16-18-6-2-1-3-7-18)17-19-9-10-21(27-19)20-8-4-5-15-26-20/h1-3,6-7,9-10,20H,4-5,8,11-17H2. The number of nitrogens with zero attached hydrogens (tertiary/aromatic N) is 2. The van der Waals surface area contributed by atoms with Crippen molar-refractivity contribution in [1.82, 2.24) is 9.80 Å². The van der Waals surface area contributed by atoms with Gasteiger partial charge in [0.2, 0.25) is 5.91 Å². The Morgan fingerprint density at radius 3 is 2.67 bits per heavy atom. The van der Waals surface area contributed by atoms with Gasteiger partial charge in [-0.25, -0.2) is 0 Å². The van der Waals surface area contributed by atoms with Gasteiger partial charge < -0.3 is 14.1 Å². The van der Waals surface area contributed by atoms with E-state index in [1.807, 2.05) is 23.1 Å². The van der Waals surface area contributed by atoms with Crippen LogP contribution in [0.4, 0.5) is 0 Å². The van der Waals surface area contributed by atoms with Crippen LogP contribution < -0.4 is 0 Å². The fraction of sp³-hybridized carbons (Fsp3) is 0.500. The Morgan fingerprint density at radius 1 is 0.963 bits per heavy atom. The van der Waals surface area contributed by atoms with Gasteiger partial charge >= 0.3 is 0 Å². The summed E-state index contributed by atoms with van der Waals surface area (Å²) in [6.07, 6.45) is 4.06. The molecular formula is C22H28N2O3. The molecule has 1 amide bonds. The Labute approximate surface area is 160 Å². The van der Waals surface area contributed by atoms with Crippen LogP contribution in [-0.2, 0) is 22.6 Å². The average Bonchev–Trinajstić information content (AvgIpc) is 3.11. The molecule has 3 heterocycles. The van der Waals surface area contributed by atoms with Gasteiger partial charge in [-0.2, -0.15) is 0 Å². The van der Waals surface area contributed by atoms with Gasteiger partial charge in [0.05, 0.1) is 6.54 Å². The van der Waals surface area contributed by atoms with Gasteiger partial charge in [0.25, 0.3) is 0 Å². The van der Waals surface area contributed by atoms with Crippen LogP contribution in [0.5, 0.6) is 0 Å². The topological polar surface area (TPSA) is 45.9 Å². The lowest BCUT2D eigenvalue weighted by atomic mass is 10.1. The fourth-order valence-corrected chi connectivity index (χ4v) is 3.88. The van der Waals surface area contributed by atoms with Crippen LogP contribution in [0.25, 0.3) is 0 Å². The van der Waals surface area contributed by atoms with Gasteiger partial charge in [0, 0.05) is 39.2 Å². The molecule has 144 valence electrons. The van der Waals surface area contributed by atoms with Crippen molar-refractivity contribution in [3.05, 3.63) is 59.5 Å². The third kappa shape index (κ3) is 4.79. The van der Waals surface area contributed by atoms with E-state index < -0.39 is 0 Å². The molecule has 0 N–H and O–H groups in total. The Kier molecular flexibility index (Phi) is 5.90. The highest BCUT2D eigenvalue weighted by Crippen LogP contribution is 2.29. The highest BCUT2D eigenvalue weighted by atomic mass is 16.5. The minimum Gasteiger partial charge on any atom is -0.462 e. The number of carbonyl (C=O) groups excluding carboxylic acids is 1. The van der Waals surface area contributed by atoms with E-state index in [2.05, 4.69) is 29.2 Å². The molecule has 1 unspecified atom stereocenters. The van der Waals surface area contributed by atoms with Crippen molar-refractivity contribution < 1.29 is 13.9 Å².